The number of benzene rings is 1. The second kappa shape index (κ2) is 4.26. The molecule has 90 valence electrons. The van der Waals surface area contributed by atoms with Crippen LogP contribution in [-0.4, -0.2) is 10.2 Å². The van der Waals surface area contributed by atoms with Crippen molar-refractivity contribution in [2.75, 3.05) is 0 Å². The van der Waals surface area contributed by atoms with Crippen molar-refractivity contribution in [1.29, 1.82) is 0 Å². The SMILES string of the molecule is Cc1cc(-c2nnc(C(C)(C)C)o2)ccc1Br. The second-order valence-corrected chi connectivity index (χ2v) is 5.98. The van der Waals surface area contributed by atoms with E-state index in [2.05, 4.69) is 46.9 Å². The zero-order valence-electron chi connectivity index (χ0n) is 10.4. The van der Waals surface area contributed by atoms with Gasteiger partial charge in [-0.1, -0.05) is 36.7 Å². The number of aromatic nitrogens is 2. The highest BCUT2D eigenvalue weighted by Gasteiger charge is 2.21. The Morgan fingerprint density at radius 3 is 2.41 bits per heavy atom. The normalized spacial score (nSPS) is 11.8. The Labute approximate surface area is 109 Å². The van der Waals surface area contributed by atoms with E-state index in [-0.39, 0.29) is 5.41 Å². The third-order valence-electron chi connectivity index (χ3n) is 2.47. The lowest BCUT2D eigenvalue weighted by Crippen LogP contribution is -2.11. The maximum atomic E-state index is 5.69. The maximum Gasteiger partial charge on any atom is 0.247 e. The number of rotatable bonds is 1. The molecule has 0 radical (unpaired) electrons. The van der Waals surface area contributed by atoms with Gasteiger partial charge in [-0.2, -0.15) is 0 Å². The van der Waals surface area contributed by atoms with Gasteiger partial charge in [0.1, 0.15) is 0 Å². The molecule has 2 aromatic rings. The zero-order valence-corrected chi connectivity index (χ0v) is 12.0. The first-order valence-corrected chi connectivity index (χ1v) is 6.28. The Bertz CT molecular complexity index is 541. The van der Waals surface area contributed by atoms with E-state index in [4.69, 9.17) is 4.42 Å². The second-order valence-electron chi connectivity index (χ2n) is 5.13. The fraction of sp³-hybridized carbons (Fsp3) is 0.385. The monoisotopic (exact) mass is 294 g/mol. The minimum absolute atomic E-state index is 0.115. The molecule has 0 spiro atoms. The number of nitrogens with zero attached hydrogens (tertiary/aromatic N) is 2. The van der Waals surface area contributed by atoms with Crippen molar-refractivity contribution < 1.29 is 4.42 Å². The molecule has 0 saturated heterocycles. The van der Waals surface area contributed by atoms with Crippen LogP contribution in [0.1, 0.15) is 32.2 Å². The van der Waals surface area contributed by atoms with Crippen LogP contribution in [0.3, 0.4) is 0 Å². The molecule has 4 heteroatoms. The Balaban J connectivity index is 2.40. The van der Waals surface area contributed by atoms with Crippen molar-refractivity contribution in [3.8, 4) is 11.5 Å². The minimum atomic E-state index is -0.115. The number of aryl methyl sites for hydroxylation is 1. The lowest BCUT2D eigenvalue weighted by atomic mass is 9.97. The number of halogens is 1. The van der Waals surface area contributed by atoms with Gasteiger partial charge >= 0.3 is 0 Å². The van der Waals surface area contributed by atoms with E-state index >= 15 is 0 Å². The molecule has 0 bridgehead atoms. The number of hydrogen-bond acceptors (Lipinski definition) is 3. The van der Waals surface area contributed by atoms with Crippen LogP contribution in [-0.2, 0) is 5.41 Å². The van der Waals surface area contributed by atoms with Crippen molar-refractivity contribution >= 4 is 15.9 Å². The average Bonchev–Trinajstić information content (AvgIpc) is 2.70. The molecule has 1 aromatic heterocycles. The molecule has 0 aliphatic heterocycles. The predicted octanol–water partition coefficient (Wildman–Crippen LogP) is 4.11. The molecule has 0 fully saturated rings. The summed E-state index contributed by atoms with van der Waals surface area (Å²) >= 11 is 3.47. The lowest BCUT2D eigenvalue weighted by Gasteiger charge is -2.11. The van der Waals surface area contributed by atoms with E-state index in [9.17, 15) is 0 Å². The van der Waals surface area contributed by atoms with Gasteiger partial charge in [-0.3, -0.25) is 0 Å². The van der Waals surface area contributed by atoms with Crippen molar-refractivity contribution in [1.82, 2.24) is 10.2 Å². The van der Waals surface area contributed by atoms with Gasteiger partial charge in [0.15, 0.2) is 0 Å². The van der Waals surface area contributed by atoms with E-state index in [0.29, 0.717) is 11.8 Å². The molecule has 0 aliphatic carbocycles. The van der Waals surface area contributed by atoms with Crippen LogP contribution in [0.15, 0.2) is 27.1 Å². The largest absolute Gasteiger partial charge is 0.420 e. The first kappa shape index (κ1) is 12.3. The van der Waals surface area contributed by atoms with Gasteiger partial charge in [-0.05, 0) is 30.7 Å². The van der Waals surface area contributed by atoms with Gasteiger partial charge in [0.25, 0.3) is 0 Å². The van der Waals surface area contributed by atoms with Crippen LogP contribution in [0.2, 0.25) is 0 Å². The fourth-order valence-corrected chi connectivity index (χ4v) is 1.67. The summed E-state index contributed by atoms with van der Waals surface area (Å²) in [6.07, 6.45) is 0. The summed E-state index contributed by atoms with van der Waals surface area (Å²) < 4.78 is 6.77. The van der Waals surface area contributed by atoms with Crippen LogP contribution in [0.4, 0.5) is 0 Å². The Morgan fingerprint density at radius 2 is 1.88 bits per heavy atom. The van der Waals surface area contributed by atoms with Crippen LogP contribution in [0.25, 0.3) is 11.5 Å². The van der Waals surface area contributed by atoms with Crippen molar-refractivity contribution in [2.24, 2.45) is 0 Å². The molecular weight excluding hydrogens is 280 g/mol. The van der Waals surface area contributed by atoms with Gasteiger partial charge in [0.2, 0.25) is 11.8 Å². The van der Waals surface area contributed by atoms with E-state index < -0.39 is 0 Å². The van der Waals surface area contributed by atoms with Crippen LogP contribution >= 0.6 is 15.9 Å². The summed E-state index contributed by atoms with van der Waals surface area (Å²) in [7, 11) is 0. The molecule has 0 aliphatic rings. The third-order valence-corrected chi connectivity index (χ3v) is 3.36. The van der Waals surface area contributed by atoms with Gasteiger partial charge < -0.3 is 4.42 Å². The molecule has 0 saturated carbocycles. The number of hydrogen-bond donors (Lipinski definition) is 0. The topological polar surface area (TPSA) is 38.9 Å². The zero-order chi connectivity index (χ0) is 12.6. The maximum absolute atomic E-state index is 5.69. The van der Waals surface area contributed by atoms with Crippen molar-refractivity contribution in [3.05, 3.63) is 34.1 Å². The smallest absolute Gasteiger partial charge is 0.247 e. The third kappa shape index (κ3) is 2.57. The fourth-order valence-electron chi connectivity index (χ4n) is 1.42. The molecule has 1 aromatic carbocycles. The molecule has 17 heavy (non-hydrogen) atoms. The van der Waals surface area contributed by atoms with E-state index in [0.717, 1.165) is 15.6 Å². The quantitative estimate of drug-likeness (QED) is 0.795. The van der Waals surface area contributed by atoms with E-state index in [1.165, 1.54) is 0 Å². The summed E-state index contributed by atoms with van der Waals surface area (Å²) in [5.74, 6) is 1.23. The average molecular weight is 295 g/mol. The molecule has 0 N–H and O–H groups in total. The van der Waals surface area contributed by atoms with Crippen LogP contribution in [0.5, 0.6) is 0 Å². The lowest BCUT2D eigenvalue weighted by molar-refractivity contribution is 0.399. The standard InChI is InChI=1S/C13H15BrN2O/c1-8-7-9(5-6-10(8)14)11-15-16-12(17-11)13(2,3)4/h5-7H,1-4H3. The molecule has 1 heterocycles. The van der Waals surface area contributed by atoms with Gasteiger partial charge in [-0.25, -0.2) is 0 Å². The highest BCUT2D eigenvalue weighted by molar-refractivity contribution is 9.10. The molecular formula is C13H15BrN2O. The highest BCUT2D eigenvalue weighted by atomic mass is 79.9. The van der Waals surface area contributed by atoms with Crippen LogP contribution in [0, 0.1) is 6.92 Å². The first-order valence-electron chi connectivity index (χ1n) is 5.48. The summed E-state index contributed by atoms with van der Waals surface area (Å²) in [6.45, 7) is 8.19. The van der Waals surface area contributed by atoms with E-state index in [1.807, 2.05) is 25.1 Å². The van der Waals surface area contributed by atoms with Gasteiger partial charge in [0, 0.05) is 15.5 Å². The Hall–Kier alpha value is -1.16. The Morgan fingerprint density at radius 1 is 1.18 bits per heavy atom. The van der Waals surface area contributed by atoms with Gasteiger partial charge in [0.05, 0.1) is 0 Å². The molecule has 0 amide bonds. The summed E-state index contributed by atoms with van der Waals surface area (Å²) in [6, 6.07) is 5.99. The summed E-state index contributed by atoms with van der Waals surface area (Å²) in [5.41, 5.74) is 1.99. The molecule has 2 rings (SSSR count). The predicted molar refractivity (Wildman–Crippen MR) is 70.9 cm³/mol. The molecule has 3 nitrogen and oxygen atoms in total. The highest BCUT2D eigenvalue weighted by Crippen LogP contribution is 2.27. The minimum Gasteiger partial charge on any atom is -0.420 e. The molecule has 0 unspecified atom stereocenters. The summed E-state index contributed by atoms with van der Waals surface area (Å²) in [5, 5.41) is 8.18. The van der Waals surface area contributed by atoms with Crippen molar-refractivity contribution in [2.45, 2.75) is 33.1 Å². The van der Waals surface area contributed by atoms with Crippen molar-refractivity contribution in [3.63, 3.8) is 0 Å². The Kier molecular flexibility index (Phi) is 3.08. The molecule has 0 atom stereocenters. The van der Waals surface area contributed by atoms with E-state index in [1.54, 1.807) is 0 Å². The van der Waals surface area contributed by atoms with Crippen LogP contribution < -0.4 is 0 Å². The summed E-state index contributed by atoms with van der Waals surface area (Å²) in [4.78, 5) is 0. The first-order chi connectivity index (χ1) is 7.88. The van der Waals surface area contributed by atoms with Gasteiger partial charge in [-0.15, -0.1) is 10.2 Å².